The van der Waals surface area contributed by atoms with E-state index in [1.54, 1.807) is 19.1 Å². The number of phenols is 1. The van der Waals surface area contributed by atoms with Gasteiger partial charge >= 0.3 is 0 Å². The Morgan fingerprint density at radius 3 is 2.53 bits per heavy atom. The lowest BCUT2D eigenvalue weighted by molar-refractivity contribution is 0.0990. The fourth-order valence-electron chi connectivity index (χ4n) is 3.52. The number of unbranched alkanes of at least 4 members (excludes halogenated alkanes) is 1. The topological polar surface area (TPSA) is 110 Å². The van der Waals surface area contributed by atoms with Crippen molar-refractivity contribution in [3.63, 3.8) is 0 Å². The largest absolute Gasteiger partial charge is 0.507 e. The van der Waals surface area contributed by atoms with Gasteiger partial charge in [0, 0.05) is 17.5 Å². The van der Waals surface area contributed by atoms with E-state index in [1.807, 2.05) is 54.6 Å². The van der Waals surface area contributed by atoms with Gasteiger partial charge in [0.25, 0.3) is 0 Å². The fraction of sp³-hybridized carbons (Fsp3) is 0.231. The van der Waals surface area contributed by atoms with Gasteiger partial charge in [0.2, 0.25) is 5.82 Å². The summed E-state index contributed by atoms with van der Waals surface area (Å²) in [5, 5.41) is 24.5. The van der Waals surface area contributed by atoms with Crippen LogP contribution in [0.5, 0.6) is 17.2 Å². The first-order chi connectivity index (χ1) is 16.6. The summed E-state index contributed by atoms with van der Waals surface area (Å²) >= 11 is 0. The van der Waals surface area contributed by atoms with Gasteiger partial charge in [-0.15, -0.1) is 10.2 Å². The number of H-pyrrole nitrogens is 1. The Labute approximate surface area is 197 Å². The summed E-state index contributed by atoms with van der Waals surface area (Å²) in [6.45, 7) is 2.77. The van der Waals surface area contributed by atoms with E-state index in [4.69, 9.17) is 9.47 Å². The molecule has 8 heteroatoms. The molecule has 0 saturated carbocycles. The Bertz CT molecular complexity index is 1230. The molecule has 0 aliphatic carbocycles. The lowest BCUT2D eigenvalue weighted by Crippen LogP contribution is -2.06. The van der Waals surface area contributed by atoms with Crippen molar-refractivity contribution < 1.29 is 19.4 Å². The van der Waals surface area contributed by atoms with Crippen LogP contribution < -0.4 is 9.47 Å². The van der Waals surface area contributed by atoms with Crippen LogP contribution in [0.25, 0.3) is 11.4 Å². The molecule has 34 heavy (non-hydrogen) atoms. The van der Waals surface area contributed by atoms with Gasteiger partial charge < -0.3 is 14.6 Å². The maximum atomic E-state index is 12.6. The summed E-state index contributed by atoms with van der Waals surface area (Å²) in [6, 6.07) is 20.4. The zero-order valence-electron chi connectivity index (χ0n) is 18.9. The van der Waals surface area contributed by atoms with Crippen molar-refractivity contribution in [3.8, 4) is 28.6 Å². The summed E-state index contributed by atoms with van der Waals surface area (Å²) in [7, 11) is 0. The zero-order chi connectivity index (χ0) is 23.8. The van der Waals surface area contributed by atoms with Crippen molar-refractivity contribution >= 4 is 5.78 Å². The first kappa shape index (κ1) is 23.0. The van der Waals surface area contributed by atoms with Crippen LogP contribution in [0.4, 0.5) is 0 Å². The molecule has 0 fully saturated rings. The van der Waals surface area contributed by atoms with Crippen molar-refractivity contribution in [2.45, 2.75) is 26.2 Å². The van der Waals surface area contributed by atoms with Crippen LogP contribution in [0.2, 0.25) is 0 Å². The summed E-state index contributed by atoms with van der Waals surface area (Å²) in [6.07, 6.45) is 1.82. The van der Waals surface area contributed by atoms with Crippen LogP contribution in [0.3, 0.4) is 0 Å². The maximum Gasteiger partial charge on any atom is 0.204 e. The van der Waals surface area contributed by atoms with Gasteiger partial charge in [0.05, 0.1) is 18.8 Å². The first-order valence-corrected chi connectivity index (χ1v) is 11.1. The molecule has 174 valence electrons. The number of Topliss-reactive ketones (excluding diaryl/α,β-unsaturated/α-hetero) is 1. The van der Waals surface area contributed by atoms with E-state index in [0.717, 1.165) is 29.7 Å². The quantitative estimate of drug-likeness (QED) is 0.251. The number of hydrogen-bond acceptors (Lipinski definition) is 7. The third-order valence-electron chi connectivity index (χ3n) is 5.39. The van der Waals surface area contributed by atoms with Crippen LogP contribution in [0, 0.1) is 6.92 Å². The highest BCUT2D eigenvalue weighted by Crippen LogP contribution is 2.31. The molecule has 4 aromatic rings. The summed E-state index contributed by atoms with van der Waals surface area (Å²) in [4.78, 5) is 12.6. The maximum absolute atomic E-state index is 12.6. The van der Waals surface area contributed by atoms with Crippen molar-refractivity contribution in [1.82, 2.24) is 20.6 Å². The van der Waals surface area contributed by atoms with E-state index in [9.17, 15) is 9.90 Å². The molecule has 0 atom stereocenters. The monoisotopic (exact) mass is 458 g/mol. The number of carbonyl (C=O) groups excluding carboxylic acids is 1. The molecule has 0 spiro atoms. The Kier molecular flexibility index (Phi) is 7.49. The second kappa shape index (κ2) is 11.1. The summed E-state index contributed by atoms with van der Waals surface area (Å²) in [5.74, 6) is 1.68. The fourth-order valence-corrected chi connectivity index (χ4v) is 3.52. The first-order valence-electron chi connectivity index (χ1n) is 11.1. The van der Waals surface area contributed by atoms with Gasteiger partial charge in [-0.3, -0.25) is 4.79 Å². The molecule has 8 nitrogen and oxygen atoms in total. The Morgan fingerprint density at radius 1 is 0.971 bits per heavy atom. The van der Waals surface area contributed by atoms with E-state index in [-0.39, 0.29) is 18.0 Å². The highest BCUT2D eigenvalue weighted by atomic mass is 16.5. The van der Waals surface area contributed by atoms with Crippen LogP contribution in [0.15, 0.2) is 66.7 Å². The summed E-state index contributed by atoms with van der Waals surface area (Å²) in [5.41, 5.74) is 2.61. The summed E-state index contributed by atoms with van der Waals surface area (Å²) < 4.78 is 11.6. The van der Waals surface area contributed by atoms with Gasteiger partial charge in [0.1, 0.15) is 17.2 Å². The van der Waals surface area contributed by atoms with E-state index in [2.05, 4.69) is 20.6 Å². The Balaban J connectivity index is 1.23. The predicted octanol–water partition coefficient (Wildman–Crippen LogP) is 4.54. The molecule has 4 rings (SSSR count). The van der Waals surface area contributed by atoms with Crippen molar-refractivity contribution in [2.75, 3.05) is 13.2 Å². The van der Waals surface area contributed by atoms with Crippen LogP contribution in [-0.4, -0.2) is 44.7 Å². The van der Waals surface area contributed by atoms with Crippen molar-refractivity contribution in [1.29, 1.82) is 0 Å². The molecular weight excluding hydrogens is 432 g/mol. The number of aromatic nitrogens is 4. The minimum absolute atomic E-state index is 0.0248. The average molecular weight is 459 g/mol. The minimum Gasteiger partial charge on any atom is -0.507 e. The van der Waals surface area contributed by atoms with Gasteiger partial charge in [0.15, 0.2) is 5.78 Å². The molecule has 2 N–H and O–H groups in total. The van der Waals surface area contributed by atoms with Crippen molar-refractivity contribution in [3.05, 3.63) is 83.4 Å². The smallest absolute Gasteiger partial charge is 0.204 e. The third kappa shape index (κ3) is 5.78. The number of nitrogens with one attached hydrogen (secondary N) is 1. The number of tetrazole rings is 1. The molecule has 0 amide bonds. The molecule has 3 aromatic carbocycles. The number of aromatic hydroxyl groups is 1. The number of rotatable bonds is 11. The third-order valence-corrected chi connectivity index (χ3v) is 5.39. The number of ether oxygens (including phenoxy) is 2. The molecule has 1 aromatic heterocycles. The van der Waals surface area contributed by atoms with Crippen LogP contribution in [-0.2, 0) is 6.42 Å². The predicted molar refractivity (Wildman–Crippen MR) is 127 cm³/mol. The van der Waals surface area contributed by atoms with E-state index < -0.39 is 0 Å². The van der Waals surface area contributed by atoms with Gasteiger partial charge in [-0.2, -0.15) is 5.21 Å². The number of hydrogen-bond donors (Lipinski definition) is 2. The van der Waals surface area contributed by atoms with Gasteiger partial charge in [-0.05, 0) is 54.8 Å². The number of ketones is 1. The molecule has 0 aliphatic heterocycles. The molecule has 0 radical (unpaired) electrons. The van der Waals surface area contributed by atoms with Gasteiger partial charge in [-0.25, -0.2) is 0 Å². The highest BCUT2D eigenvalue weighted by molar-refractivity contribution is 6.00. The van der Waals surface area contributed by atoms with E-state index >= 15 is 0 Å². The highest BCUT2D eigenvalue weighted by Gasteiger charge is 2.16. The number of benzene rings is 3. The lowest BCUT2D eigenvalue weighted by atomic mass is 10.00. The molecule has 0 saturated heterocycles. The molecule has 0 unspecified atom stereocenters. The lowest BCUT2D eigenvalue weighted by Gasteiger charge is -2.13. The Hall–Kier alpha value is -4.20. The number of carbonyl (C=O) groups is 1. The normalized spacial score (nSPS) is 10.7. The molecule has 0 bridgehead atoms. The van der Waals surface area contributed by atoms with Gasteiger partial charge in [-0.1, -0.05) is 42.5 Å². The van der Waals surface area contributed by atoms with E-state index in [1.165, 1.54) is 0 Å². The Morgan fingerprint density at radius 2 is 1.76 bits per heavy atom. The van der Waals surface area contributed by atoms with E-state index in [0.29, 0.717) is 35.9 Å². The number of aromatic amines is 1. The minimum atomic E-state index is -0.126. The second-order valence-electron chi connectivity index (χ2n) is 7.84. The SMILES string of the molecule is Cc1c(OCCCCOc2cccc(-c3nn[nH]n3)c2)ccc(C(=O)Cc2ccccc2)c1O. The molecule has 0 aliphatic rings. The molecular formula is C26H26N4O4. The average Bonchev–Trinajstić information content (AvgIpc) is 3.40. The molecule has 1 heterocycles. The number of nitrogens with zero attached hydrogens (tertiary/aromatic N) is 3. The zero-order valence-corrected chi connectivity index (χ0v) is 18.9. The van der Waals surface area contributed by atoms with Crippen LogP contribution >= 0.6 is 0 Å². The number of phenolic OH excluding ortho intramolecular Hbond substituents is 1. The standard InChI is InChI=1S/C26H26N4O4/c1-18-24(13-12-22(25(18)32)23(31)16-19-8-3-2-4-9-19)34-15-6-5-14-33-21-11-7-10-20(17-21)26-27-29-30-28-26/h2-4,7-13,17,32H,5-6,14-16H2,1H3,(H,27,28,29,30). The van der Waals surface area contributed by atoms with Crippen LogP contribution in [0.1, 0.15) is 34.3 Å². The second-order valence-corrected chi connectivity index (χ2v) is 7.84. The van der Waals surface area contributed by atoms with Crippen molar-refractivity contribution in [2.24, 2.45) is 0 Å².